The Bertz CT molecular complexity index is 462. The molecule has 0 heterocycles. The Balaban J connectivity index is 3.01. The summed E-state index contributed by atoms with van der Waals surface area (Å²) in [6.45, 7) is 0. The molecule has 0 bridgehead atoms. The van der Waals surface area contributed by atoms with Gasteiger partial charge >= 0.3 is 10.5 Å². The number of nitrogens with one attached hydrogen (secondary N) is 1. The van der Waals surface area contributed by atoms with Gasteiger partial charge in [-0.15, -0.1) is 4.36 Å². The summed E-state index contributed by atoms with van der Waals surface area (Å²) in [6, 6.07) is 8.81. The molecule has 7 heteroatoms. The van der Waals surface area contributed by atoms with Crippen molar-refractivity contribution in [1.82, 2.24) is 5.32 Å². The Morgan fingerprint density at radius 1 is 1.40 bits per heavy atom. The number of hydrogen-bond acceptors (Lipinski definition) is 4. The lowest BCUT2D eigenvalue weighted by molar-refractivity contribution is 0.608. The quantitative estimate of drug-likeness (QED) is 0.759. The molecular weight excluding hydrogens is 234 g/mol. The largest absolute Gasteiger partial charge is 0.376 e. The summed E-state index contributed by atoms with van der Waals surface area (Å²) in [5.41, 5.74) is 5.94. The van der Waals surface area contributed by atoms with Crippen molar-refractivity contribution in [3.8, 4) is 0 Å². The van der Waals surface area contributed by atoms with Crippen LogP contribution in [0, 0.1) is 0 Å². The van der Waals surface area contributed by atoms with Crippen LogP contribution in [0.3, 0.4) is 0 Å². The molecule has 1 unspecified atom stereocenters. The van der Waals surface area contributed by atoms with Gasteiger partial charge in [0.05, 0.1) is 0 Å². The molecule has 0 aliphatic carbocycles. The van der Waals surface area contributed by atoms with Crippen LogP contribution >= 0.6 is 12.2 Å². The third-order valence-corrected chi connectivity index (χ3v) is 2.09. The monoisotopic (exact) mass is 243 g/mol. The molecule has 1 rings (SSSR count). The second-order valence-electron chi connectivity index (χ2n) is 2.64. The van der Waals surface area contributed by atoms with Gasteiger partial charge in [-0.1, -0.05) is 30.3 Å². The fraction of sp³-hybridized carbons (Fsp3) is 0.125. The van der Waals surface area contributed by atoms with E-state index >= 15 is 0 Å². The Kier molecular flexibility index (Phi) is 4.19. The van der Waals surface area contributed by atoms with Gasteiger partial charge in [-0.25, -0.2) is 0 Å². The summed E-state index contributed by atoms with van der Waals surface area (Å²) < 4.78 is 24.4. The van der Waals surface area contributed by atoms with E-state index in [2.05, 4.69) is 21.9 Å². The highest BCUT2D eigenvalue weighted by molar-refractivity contribution is 7.80. The van der Waals surface area contributed by atoms with Gasteiger partial charge in [0, 0.05) is 0 Å². The second-order valence-corrected chi connectivity index (χ2v) is 3.73. The fourth-order valence-electron chi connectivity index (χ4n) is 1.03. The second kappa shape index (κ2) is 5.42. The molecule has 5 nitrogen and oxygen atoms in total. The van der Waals surface area contributed by atoms with Crippen LogP contribution in [0.15, 0.2) is 34.7 Å². The van der Waals surface area contributed by atoms with Crippen molar-refractivity contribution in [3.63, 3.8) is 0 Å². The Hall–Kier alpha value is -1.47. The van der Waals surface area contributed by atoms with E-state index in [0.717, 1.165) is 0 Å². The maximum atomic E-state index is 10.5. The van der Waals surface area contributed by atoms with E-state index in [1.54, 1.807) is 24.3 Å². The third kappa shape index (κ3) is 4.05. The van der Waals surface area contributed by atoms with Gasteiger partial charge in [-0.05, 0) is 17.8 Å². The number of thiocarbonyl (C=S) groups is 1. The summed E-state index contributed by atoms with van der Waals surface area (Å²) in [4.78, 5) is 0. The van der Waals surface area contributed by atoms with Gasteiger partial charge in [-0.3, -0.25) is 0 Å². The molecule has 0 spiro atoms. The standard InChI is InChI=1S/C8H9N3O2S2/c9-8(14)10-7(11-15(12)13)6-4-2-1-3-5-6/h1-5,7H,(H3,9,10,14). The summed E-state index contributed by atoms with van der Waals surface area (Å²) in [7, 11) is -2.52. The van der Waals surface area contributed by atoms with E-state index in [-0.39, 0.29) is 5.11 Å². The predicted molar refractivity (Wildman–Crippen MR) is 60.5 cm³/mol. The zero-order chi connectivity index (χ0) is 11.3. The topological polar surface area (TPSA) is 84.5 Å². The first-order valence-electron chi connectivity index (χ1n) is 4.00. The van der Waals surface area contributed by atoms with Crippen molar-refractivity contribution in [3.05, 3.63) is 35.9 Å². The van der Waals surface area contributed by atoms with Crippen molar-refractivity contribution >= 4 is 27.8 Å². The van der Waals surface area contributed by atoms with Crippen molar-refractivity contribution < 1.29 is 8.42 Å². The summed E-state index contributed by atoms with van der Waals surface area (Å²) in [6.07, 6.45) is -0.762. The van der Waals surface area contributed by atoms with E-state index in [0.29, 0.717) is 5.56 Å². The van der Waals surface area contributed by atoms with Crippen LogP contribution in [0.4, 0.5) is 0 Å². The molecular formula is C8H9N3O2S2. The number of rotatable bonds is 3. The van der Waals surface area contributed by atoms with E-state index in [1.165, 1.54) is 0 Å². The minimum atomic E-state index is -2.52. The van der Waals surface area contributed by atoms with Crippen molar-refractivity contribution in [2.45, 2.75) is 6.17 Å². The van der Waals surface area contributed by atoms with Crippen LogP contribution in [0.2, 0.25) is 0 Å². The minimum Gasteiger partial charge on any atom is -0.376 e. The Morgan fingerprint density at radius 2 is 2.00 bits per heavy atom. The van der Waals surface area contributed by atoms with Crippen molar-refractivity contribution in [1.29, 1.82) is 0 Å². The lowest BCUT2D eigenvalue weighted by atomic mass is 10.2. The van der Waals surface area contributed by atoms with Crippen LogP contribution in [0.1, 0.15) is 11.7 Å². The molecule has 15 heavy (non-hydrogen) atoms. The fourth-order valence-corrected chi connectivity index (χ4v) is 1.48. The van der Waals surface area contributed by atoms with Gasteiger partial charge in [0.2, 0.25) is 0 Å². The molecule has 1 aromatic carbocycles. The van der Waals surface area contributed by atoms with Crippen LogP contribution in [-0.4, -0.2) is 13.5 Å². The van der Waals surface area contributed by atoms with E-state index < -0.39 is 16.7 Å². The molecule has 0 amide bonds. The average molecular weight is 243 g/mol. The summed E-state index contributed by atoms with van der Waals surface area (Å²) in [5, 5.41) is 2.58. The van der Waals surface area contributed by atoms with Crippen molar-refractivity contribution in [2.75, 3.05) is 0 Å². The number of benzene rings is 1. The maximum Gasteiger partial charge on any atom is 0.313 e. The zero-order valence-electron chi connectivity index (χ0n) is 7.62. The number of nitrogens with two attached hydrogens (primary N) is 1. The lowest BCUT2D eigenvalue weighted by Gasteiger charge is -2.12. The summed E-state index contributed by atoms with van der Waals surface area (Å²) >= 11 is 4.63. The van der Waals surface area contributed by atoms with Crippen molar-refractivity contribution in [2.24, 2.45) is 10.1 Å². The highest BCUT2D eigenvalue weighted by Crippen LogP contribution is 2.13. The first-order chi connectivity index (χ1) is 7.09. The first-order valence-corrected chi connectivity index (χ1v) is 5.45. The van der Waals surface area contributed by atoms with E-state index in [1.807, 2.05) is 6.07 Å². The van der Waals surface area contributed by atoms with Gasteiger partial charge < -0.3 is 11.1 Å². The Morgan fingerprint density at radius 3 is 2.47 bits per heavy atom. The minimum absolute atomic E-state index is 0.00180. The molecule has 3 N–H and O–H groups in total. The SMILES string of the molecule is NC(=S)NC(N=S(=O)=O)c1ccccc1. The van der Waals surface area contributed by atoms with Gasteiger partial charge in [0.25, 0.3) is 0 Å². The molecule has 1 atom stereocenters. The molecule has 0 radical (unpaired) electrons. The normalized spacial score (nSPS) is 11.5. The van der Waals surface area contributed by atoms with Gasteiger partial charge in [0.1, 0.15) is 0 Å². The molecule has 0 aromatic heterocycles. The average Bonchev–Trinajstić information content (AvgIpc) is 2.17. The molecule has 0 aliphatic heterocycles. The molecule has 1 aromatic rings. The number of nitrogens with zero attached hydrogens (tertiary/aromatic N) is 1. The van der Waals surface area contributed by atoms with E-state index in [4.69, 9.17) is 5.73 Å². The smallest absolute Gasteiger partial charge is 0.313 e. The Labute approximate surface area is 94.0 Å². The van der Waals surface area contributed by atoms with Gasteiger partial charge in [-0.2, -0.15) is 8.42 Å². The number of hydrogen-bond donors (Lipinski definition) is 2. The van der Waals surface area contributed by atoms with Gasteiger partial charge in [0.15, 0.2) is 11.3 Å². The molecule has 0 saturated heterocycles. The third-order valence-electron chi connectivity index (χ3n) is 1.59. The lowest BCUT2D eigenvalue weighted by Crippen LogP contribution is -2.31. The molecule has 0 saturated carbocycles. The van der Waals surface area contributed by atoms with Crippen LogP contribution in [0.5, 0.6) is 0 Å². The van der Waals surface area contributed by atoms with Crippen LogP contribution < -0.4 is 11.1 Å². The zero-order valence-corrected chi connectivity index (χ0v) is 9.25. The summed E-state index contributed by atoms with van der Waals surface area (Å²) in [5.74, 6) is 0. The van der Waals surface area contributed by atoms with Crippen LogP contribution in [0.25, 0.3) is 0 Å². The predicted octanol–water partition coefficient (Wildman–Crippen LogP) is 0.581. The molecule has 0 fully saturated rings. The van der Waals surface area contributed by atoms with E-state index in [9.17, 15) is 8.42 Å². The maximum absolute atomic E-state index is 10.5. The molecule has 0 aliphatic rings. The molecule has 80 valence electrons. The first kappa shape index (κ1) is 11.6. The van der Waals surface area contributed by atoms with Crippen LogP contribution in [-0.2, 0) is 10.5 Å². The highest BCUT2D eigenvalue weighted by Gasteiger charge is 2.09. The highest BCUT2D eigenvalue weighted by atomic mass is 32.2.